The molecule has 2 rings (SSSR count). The molecule has 0 unspecified atom stereocenters. The molecular formula is C21H27NO3. The Hall–Kier alpha value is -2.49. The number of ether oxygens (including phenoxy) is 2. The number of benzene rings is 2. The van der Waals surface area contributed by atoms with Crippen LogP contribution in [0.3, 0.4) is 0 Å². The normalized spacial score (nSPS) is 10.4. The summed E-state index contributed by atoms with van der Waals surface area (Å²) in [5, 5.41) is 2.78. The van der Waals surface area contributed by atoms with Crippen molar-refractivity contribution in [3.63, 3.8) is 0 Å². The Bertz CT molecular complexity index is 725. The van der Waals surface area contributed by atoms with Gasteiger partial charge in [-0.3, -0.25) is 5.32 Å². The zero-order chi connectivity index (χ0) is 18.2. The van der Waals surface area contributed by atoms with Crippen molar-refractivity contribution in [1.29, 1.82) is 0 Å². The number of carbonyl (C=O) groups is 1. The number of nitrogens with one attached hydrogen (secondary N) is 1. The monoisotopic (exact) mass is 341 g/mol. The molecular weight excluding hydrogens is 314 g/mol. The molecule has 2 aromatic rings. The molecule has 4 heteroatoms. The number of hydrogen-bond acceptors (Lipinski definition) is 3. The van der Waals surface area contributed by atoms with E-state index in [1.807, 2.05) is 18.2 Å². The molecule has 0 saturated carbocycles. The van der Waals surface area contributed by atoms with E-state index < -0.39 is 6.09 Å². The summed E-state index contributed by atoms with van der Waals surface area (Å²) in [7, 11) is 1.36. The van der Waals surface area contributed by atoms with Crippen LogP contribution >= 0.6 is 0 Å². The Labute approximate surface area is 150 Å². The van der Waals surface area contributed by atoms with Gasteiger partial charge in [0.05, 0.1) is 12.8 Å². The number of hydrogen-bond donors (Lipinski definition) is 1. The van der Waals surface area contributed by atoms with Gasteiger partial charge in [-0.05, 0) is 48.1 Å². The molecule has 25 heavy (non-hydrogen) atoms. The average Bonchev–Trinajstić information content (AvgIpc) is 2.66. The van der Waals surface area contributed by atoms with Crippen LogP contribution in [0.4, 0.5) is 10.5 Å². The summed E-state index contributed by atoms with van der Waals surface area (Å²) in [5.41, 5.74) is 5.38. The average molecular weight is 341 g/mol. The smallest absolute Gasteiger partial charge is 0.411 e. The van der Waals surface area contributed by atoms with Gasteiger partial charge < -0.3 is 9.47 Å². The maximum Gasteiger partial charge on any atom is 0.411 e. The van der Waals surface area contributed by atoms with Crippen molar-refractivity contribution in [2.75, 3.05) is 12.4 Å². The van der Waals surface area contributed by atoms with Gasteiger partial charge in [-0.2, -0.15) is 0 Å². The van der Waals surface area contributed by atoms with E-state index in [4.69, 9.17) is 9.47 Å². The molecule has 0 aromatic heterocycles. The zero-order valence-corrected chi connectivity index (χ0v) is 15.5. The van der Waals surface area contributed by atoms with Crippen LogP contribution in [-0.2, 0) is 30.6 Å². The topological polar surface area (TPSA) is 47.6 Å². The van der Waals surface area contributed by atoms with Crippen LogP contribution in [0.15, 0.2) is 36.4 Å². The highest BCUT2D eigenvalue weighted by Crippen LogP contribution is 2.26. The van der Waals surface area contributed by atoms with E-state index in [1.54, 1.807) is 0 Å². The molecule has 1 N–H and O–H groups in total. The van der Waals surface area contributed by atoms with Gasteiger partial charge in [0.15, 0.2) is 0 Å². The minimum atomic E-state index is -0.476. The lowest BCUT2D eigenvalue weighted by Gasteiger charge is -2.17. The zero-order valence-electron chi connectivity index (χ0n) is 15.5. The van der Waals surface area contributed by atoms with Gasteiger partial charge in [0.25, 0.3) is 0 Å². The van der Waals surface area contributed by atoms with Crippen molar-refractivity contribution < 1.29 is 14.3 Å². The van der Waals surface area contributed by atoms with Crippen LogP contribution in [0, 0.1) is 0 Å². The Morgan fingerprint density at radius 3 is 2.40 bits per heavy atom. The molecule has 134 valence electrons. The Morgan fingerprint density at radius 2 is 1.76 bits per heavy atom. The van der Waals surface area contributed by atoms with Crippen molar-refractivity contribution in [3.8, 4) is 5.75 Å². The summed E-state index contributed by atoms with van der Waals surface area (Å²) in [5.74, 6) is 0.898. The van der Waals surface area contributed by atoms with E-state index in [9.17, 15) is 4.79 Å². The van der Waals surface area contributed by atoms with E-state index in [0.717, 1.165) is 41.8 Å². The van der Waals surface area contributed by atoms with Gasteiger partial charge in [0, 0.05) is 5.56 Å². The lowest BCUT2D eigenvalue weighted by atomic mass is 10.0. The molecule has 0 spiro atoms. The third-order valence-corrected chi connectivity index (χ3v) is 4.36. The van der Waals surface area contributed by atoms with E-state index >= 15 is 0 Å². The third kappa shape index (κ3) is 4.75. The van der Waals surface area contributed by atoms with Gasteiger partial charge >= 0.3 is 6.09 Å². The van der Waals surface area contributed by atoms with Crippen molar-refractivity contribution >= 4 is 11.8 Å². The Balaban J connectivity index is 2.26. The summed E-state index contributed by atoms with van der Waals surface area (Å²) in [6.45, 7) is 6.78. The molecule has 2 aromatic carbocycles. The fourth-order valence-electron chi connectivity index (χ4n) is 2.83. The quantitative estimate of drug-likeness (QED) is 0.759. The summed E-state index contributed by atoms with van der Waals surface area (Å²) < 4.78 is 10.8. The molecule has 0 aliphatic heterocycles. The predicted octanol–water partition coefficient (Wildman–Crippen LogP) is 5.13. The second-order valence-electron chi connectivity index (χ2n) is 5.85. The largest absolute Gasteiger partial charge is 0.489 e. The van der Waals surface area contributed by atoms with Gasteiger partial charge in [0.1, 0.15) is 12.4 Å². The first kappa shape index (κ1) is 18.8. The Kier molecular flexibility index (Phi) is 6.87. The summed E-state index contributed by atoms with van der Waals surface area (Å²) >= 11 is 0. The maximum absolute atomic E-state index is 11.6. The van der Waals surface area contributed by atoms with Gasteiger partial charge in [-0.1, -0.05) is 45.0 Å². The first-order valence-corrected chi connectivity index (χ1v) is 8.83. The molecule has 0 atom stereocenters. The summed E-state index contributed by atoms with van der Waals surface area (Å²) in [6, 6.07) is 12.2. The van der Waals surface area contributed by atoms with Crippen molar-refractivity contribution in [1.82, 2.24) is 0 Å². The van der Waals surface area contributed by atoms with Crippen LogP contribution in [0.25, 0.3) is 0 Å². The second kappa shape index (κ2) is 9.11. The molecule has 0 saturated heterocycles. The first-order valence-electron chi connectivity index (χ1n) is 8.83. The van der Waals surface area contributed by atoms with Crippen LogP contribution in [0.5, 0.6) is 5.75 Å². The molecule has 0 aliphatic carbocycles. The Morgan fingerprint density at radius 1 is 1.00 bits per heavy atom. The minimum absolute atomic E-state index is 0.405. The van der Waals surface area contributed by atoms with Crippen molar-refractivity contribution in [3.05, 3.63) is 58.7 Å². The maximum atomic E-state index is 11.6. The van der Waals surface area contributed by atoms with Gasteiger partial charge in [0.2, 0.25) is 0 Å². The van der Waals surface area contributed by atoms with Crippen molar-refractivity contribution in [2.24, 2.45) is 0 Å². The molecule has 0 fully saturated rings. The summed E-state index contributed by atoms with van der Waals surface area (Å²) in [6.07, 6.45) is 2.33. The van der Waals surface area contributed by atoms with Crippen LogP contribution in [0.2, 0.25) is 0 Å². The van der Waals surface area contributed by atoms with Crippen LogP contribution < -0.4 is 10.1 Å². The highest BCUT2D eigenvalue weighted by atomic mass is 16.5. The number of amides is 1. The predicted molar refractivity (Wildman–Crippen MR) is 101 cm³/mol. The summed E-state index contributed by atoms with van der Waals surface area (Å²) in [4.78, 5) is 11.6. The fraction of sp³-hybridized carbons (Fsp3) is 0.381. The van der Waals surface area contributed by atoms with Gasteiger partial charge in [-0.15, -0.1) is 0 Å². The number of aryl methyl sites for hydroxylation is 3. The number of rotatable bonds is 7. The lowest BCUT2D eigenvalue weighted by molar-refractivity contribution is 0.187. The molecule has 0 bridgehead atoms. The van der Waals surface area contributed by atoms with Crippen molar-refractivity contribution in [2.45, 2.75) is 46.6 Å². The number of carbonyl (C=O) groups excluding carboxylic acids is 1. The third-order valence-electron chi connectivity index (χ3n) is 4.36. The fourth-order valence-corrected chi connectivity index (χ4v) is 2.83. The van der Waals surface area contributed by atoms with E-state index in [-0.39, 0.29) is 0 Å². The highest BCUT2D eigenvalue weighted by molar-refractivity contribution is 5.85. The molecule has 1 amide bonds. The molecule has 0 aliphatic rings. The standard InChI is InChI=1S/C21H27NO3/c1-5-15-11-12-20(17(7-3)13-15)25-14-18-16(6-2)9-8-10-19(18)22-21(23)24-4/h8-13H,5-7,14H2,1-4H3,(H,22,23). The molecule has 0 heterocycles. The number of anilines is 1. The van der Waals surface area contributed by atoms with E-state index in [2.05, 4.69) is 44.3 Å². The van der Waals surface area contributed by atoms with Gasteiger partial charge in [-0.25, -0.2) is 4.79 Å². The number of methoxy groups -OCH3 is 1. The van der Waals surface area contributed by atoms with Crippen LogP contribution in [0.1, 0.15) is 43.0 Å². The molecule has 0 radical (unpaired) electrons. The SMILES string of the molecule is CCc1ccc(OCc2c(CC)cccc2NC(=O)OC)c(CC)c1. The first-order chi connectivity index (χ1) is 12.1. The minimum Gasteiger partial charge on any atom is -0.489 e. The second-order valence-corrected chi connectivity index (χ2v) is 5.85. The van der Waals surface area contributed by atoms with E-state index in [1.165, 1.54) is 18.2 Å². The highest BCUT2D eigenvalue weighted by Gasteiger charge is 2.12. The lowest BCUT2D eigenvalue weighted by Crippen LogP contribution is -2.14. The molecule has 4 nitrogen and oxygen atoms in total. The van der Waals surface area contributed by atoms with E-state index in [0.29, 0.717) is 6.61 Å². The van der Waals surface area contributed by atoms with Crippen LogP contribution in [-0.4, -0.2) is 13.2 Å².